The average molecular weight is 455 g/mol. The number of aliphatic hydroxyl groups is 1. The number of morpholine rings is 1. The molecule has 33 heavy (non-hydrogen) atoms. The van der Waals surface area contributed by atoms with Gasteiger partial charge in [-0.15, -0.1) is 5.92 Å². The Kier molecular flexibility index (Phi) is 7.63. The monoisotopic (exact) mass is 454 g/mol. The quantitative estimate of drug-likeness (QED) is 0.507. The van der Waals surface area contributed by atoms with Gasteiger partial charge in [0.1, 0.15) is 11.4 Å². The SMILES string of the molecule is CC#C[C@@]1(O)CC[C@@]2(CC)c3ccc(OC(=O)NCCCN4CCOCC4)cc3CC[C@@H]2C1. The van der Waals surface area contributed by atoms with Crippen LogP contribution in [0, 0.1) is 17.8 Å². The van der Waals surface area contributed by atoms with Crippen LogP contribution in [-0.2, 0) is 16.6 Å². The Bertz CT molecular complexity index is 901. The number of hydrogen-bond acceptors (Lipinski definition) is 5. The minimum absolute atomic E-state index is 0.0789. The van der Waals surface area contributed by atoms with E-state index in [1.807, 2.05) is 12.1 Å². The van der Waals surface area contributed by atoms with Crippen LogP contribution in [0.25, 0.3) is 0 Å². The minimum Gasteiger partial charge on any atom is -0.410 e. The van der Waals surface area contributed by atoms with Crippen molar-refractivity contribution in [2.24, 2.45) is 5.92 Å². The van der Waals surface area contributed by atoms with Crippen molar-refractivity contribution in [3.05, 3.63) is 29.3 Å². The molecule has 1 heterocycles. The lowest BCUT2D eigenvalue weighted by molar-refractivity contribution is -0.00925. The Labute approximate surface area is 198 Å². The van der Waals surface area contributed by atoms with Gasteiger partial charge in [-0.3, -0.25) is 4.90 Å². The first-order valence-corrected chi connectivity index (χ1v) is 12.5. The summed E-state index contributed by atoms with van der Waals surface area (Å²) in [6.07, 6.45) is 5.92. The van der Waals surface area contributed by atoms with Gasteiger partial charge in [0.05, 0.1) is 13.2 Å². The molecule has 1 aliphatic heterocycles. The van der Waals surface area contributed by atoms with Crippen LogP contribution in [0.5, 0.6) is 5.75 Å². The zero-order valence-electron chi connectivity index (χ0n) is 20.1. The molecule has 3 atom stereocenters. The number of carbonyl (C=O) groups is 1. The van der Waals surface area contributed by atoms with E-state index in [0.29, 0.717) is 24.6 Å². The highest BCUT2D eigenvalue weighted by Crippen LogP contribution is 2.54. The summed E-state index contributed by atoms with van der Waals surface area (Å²) in [6, 6.07) is 6.13. The molecule has 1 aromatic carbocycles. The van der Waals surface area contributed by atoms with E-state index in [1.165, 1.54) is 11.1 Å². The van der Waals surface area contributed by atoms with Crippen LogP contribution in [0.2, 0.25) is 0 Å². The van der Waals surface area contributed by atoms with Gasteiger partial charge in [0, 0.05) is 19.6 Å². The number of ether oxygens (including phenoxy) is 2. The number of amides is 1. The highest BCUT2D eigenvalue weighted by atomic mass is 16.6. The number of hydrogen-bond donors (Lipinski definition) is 2. The van der Waals surface area contributed by atoms with E-state index in [1.54, 1.807) is 6.92 Å². The maximum absolute atomic E-state index is 12.3. The Balaban J connectivity index is 1.35. The number of carbonyl (C=O) groups excluding carboxylic acids is 1. The van der Waals surface area contributed by atoms with Crippen molar-refractivity contribution >= 4 is 6.09 Å². The van der Waals surface area contributed by atoms with Crippen LogP contribution in [-0.4, -0.2) is 61.1 Å². The molecule has 6 heteroatoms. The molecule has 2 aliphatic carbocycles. The molecule has 1 amide bonds. The molecule has 3 aliphatic rings. The van der Waals surface area contributed by atoms with Crippen molar-refractivity contribution in [3.63, 3.8) is 0 Å². The first-order valence-electron chi connectivity index (χ1n) is 12.5. The van der Waals surface area contributed by atoms with E-state index in [4.69, 9.17) is 9.47 Å². The highest BCUT2D eigenvalue weighted by molar-refractivity contribution is 5.70. The number of rotatable bonds is 6. The van der Waals surface area contributed by atoms with Crippen LogP contribution < -0.4 is 10.1 Å². The van der Waals surface area contributed by atoms with E-state index in [9.17, 15) is 9.90 Å². The lowest BCUT2D eigenvalue weighted by Gasteiger charge is -2.52. The fourth-order valence-electron chi connectivity index (χ4n) is 6.19. The number of fused-ring (bicyclic) bond motifs is 3. The molecule has 0 unspecified atom stereocenters. The maximum atomic E-state index is 12.3. The lowest BCUT2D eigenvalue weighted by atomic mass is 9.53. The van der Waals surface area contributed by atoms with Crippen molar-refractivity contribution < 1.29 is 19.4 Å². The Hall–Kier alpha value is -2.07. The van der Waals surface area contributed by atoms with Crippen LogP contribution >= 0.6 is 0 Å². The third kappa shape index (κ3) is 5.37. The third-order valence-corrected chi connectivity index (χ3v) is 7.95. The second-order valence-corrected chi connectivity index (χ2v) is 9.80. The van der Waals surface area contributed by atoms with Crippen LogP contribution in [0.4, 0.5) is 4.79 Å². The summed E-state index contributed by atoms with van der Waals surface area (Å²) in [5.41, 5.74) is 1.87. The summed E-state index contributed by atoms with van der Waals surface area (Å²) < 4.78 is 11.0. The first kappa shape index (κ1) is 24.1. The molecule has 0 aromatic heterocycles. The first-order chi connectivity index (χ1) is 16.0. The molecule has 4 rings (SSSR count). The van der Waals surface area contributed by atoms with Crippen molar-refractivity contribution in [2.75, 3.05) is 39.4 Å². The summed E-state index contributed by atoms with van der Waals surface area (Å²) in [4.78, 5) is 14.7. The molecule has 1 aromatic rings. The lowest BCUT2D eigenvalue weighted by Crippen LogP contribution is -2.49. The van der Waals surface area contributed by atoms with Crippen molar-refractivity contribution in [3.8, 4) is 17.6 Å². The van der Waals surface area contributed by atoms with Gasteiger partial charge in [-0.1, -0.05) is 18.9 Å². The average Bonchev–Trinajstić information content (AvgIpc) is 2.82. The Morgan fingerprint density at radius 2 is 2.15 bits per heavy atom. The molecule has 0 radical (unpaired) electrons. The largest absolute Gasteiger partial charge is 0.412 e. The molecule has 0 spiro atoms. The van der Waals surface area contributed by atoms with Gasteiger partial charge in [0.2, 0.25) is 0 Å². The molecular weight excluding hydrogens is 416 g/mol. The normalized spacial score (nSPS) is 29.2. The second-order valence-electron chi connectivity index (χ2n) is 9.80. The van der Waals surface area contributed by atoms with E-state index in [2.05, 4.69) is 35.0 Å². The van der Waals surface area contributed by atoms with Gasteiger partial charge in [-0.2, -0.15) is 0 Å². The summed E-state index contributed by atoms with van der Waals surface area (Å²) >= 11 is 0. The number of benzene rings is 1. The fourth-order valence-corrected chi connectivity index (χ4v) is 6.19. The summed E-state index contributed by atoms with van der Waals surface area (Å²) in [5, 5.41) is 13.8. The molecule has 2 N–H and O–H groups in total. The van der Waals surface area contributed by atoms with Crippen molar-refractivity contribution in [1.82, 2.24) is 10.2 Å². The number of nitrogens with one attached hydrogen (secondary N) is 1. The molecular formula is C27H38N2O4. The Morgan fingerprint density at radius 3 is 2.91 bits per heavy atom. The predicted molar refractivity (Wildman–Crippen MR) is 128 cm³/mol. The molecule has 2 fully saturated rings. The molecule has 6 nitrogen and oxygen atoms in total. The van der Waals surface area contributed by atoms with Crippen LogP contribution in [0.15, 0.2) is 18.2 Å². The van der Waals surface area contributed by atoms with Gasteiger partial charge in [0.25, 0.3) is 0 Å². The molecule has 180 valence electrons. The summed E-state index contributed by atoms with van der Waals surface area (Å²) in [7, 11) is 0. The Morgan fingerprint density at radius 1 is 1.33 bits per heavy atom. The molecule has 0 bridgehead atoms. The van der Waals surface area contributed by atoms with E-state index in [-0.39, 0.29) is 5.41 Å². The van der Waals surface area contributed by atoms with Gasteiger partial charge in [-0.05, 0) is 93.0 Å². The summed E-state index contributed by atoms with van der Waals surface area (Å²) in [6.45, 7) is 9.14. The highest BCUT2D eigenvalue weighted by Gasteiger charge is 2.50. The molecule has 1 saturated carbocycles. The third-order valence-electron chi connectivity index (χ3n) is 7.95. The van der Waals surface area contributed by atoms with Crippen LogP contribution in [0.1, 0.15) is 63.5 Å². The number of nitrogens with zero attached hydrogens (tertiary/aromatic N) is 1. The minimum atomic E-state index is -0.849. The second kappa shape index (κ2) is 10.5. The number of aryl methyl sites for hydroxylation is 1. The topological polar surface area (TPSA) is 71.0 Å². The smallest absolute Gasteiger partial charge is 0.410 e. The zero-order valence-corrected chi connectivity index (χ0v) is 20.1. The van der Waals surface area contributed by atoms with Crippen molar-refractivity contribution in [2.45, 2.75) is 69.8 Å². The van der Waals surface area contributed by atoms with E-state index >= 15 is 0 Å². The van der Waals surface area contributed by atoms with E-state index < -0.39 is 11.7 Å². The standard InChI is InChI=1S/C27H38N2O4/c1-3-10-26(31)11-12-27(4-2)22(20-26)7-6-21-19-23(8-9-24(21)27)33-25(30)28-13-5-14-29-15-17-32-18-16-29/h8-9,19,22,31H,4-7,11-18,20H2,1-2H3,(H,28,30)/t22-,26-,27-/m1/s1. The zero-order chi connectivity index (χ0) is 23.3. The van der Waals surface area contributed by atoms with Gasteiger partial charge >= 0.3 is 6.09 Å². The predicted octanol–water partition coefficient (Wildman–Crippen LogP) is 3.65. The maximum Gasteiger partial charge on any atom is 0.412 e. The van der Waals surface area contributed by atoms with Crippen LogP contribution in [0.3, 0.4) is 0 Å². The fraction of sp³-hybridized carbons (Fsp3) is 0.667. The van der Waals surface area contributed by atoms with Gasteiger partial charge in [0.15, 0.2) is 0 Å². The summed E-state index contributed by atoms with van der Waals surface area (Å²) in [5.74, 6) is 7.02. The molecule has 1 saturated heterocycles. The van der Waals surface area contributed by atoms with Gasteiger partial charge in [-0.25, -0.2) is 4.79 Å². The van der Waals surface area contributed by atoms with Crippen molar-refractivity contribution in [1.29, 1.82) is 0 Å². The van der Waals surface area contributed by atoms with E-state index in [0.717, 1.165) is 71.4 Å². The van der Waals surface area contributed by atoms with Gasteiger partial charge < -0.3 is 19.9 Å².